The highest BCUT2D eigenvalue weighted by Gasteiger charge is 2.11. The minimum Gasteiger partial charge on any atom is -0.314 e. The van der Waals surface area contributed by atoms with Crippen molar-refractivity contribution in [1.82, 2.24) is 5.32 Å². The van der Waals surface area contributed by atoms with Crippen LogP contribution in [-0.2, 0) is 6.42 Å². The van der Waals surface area contributed by atoms with Gasteiger partial charge in [0, 0.05) is 11.1 Å². The molecule has 1 nitrogen and oxygen atoms in total. The van der Waals surface area contributed by atoms with Crippen molar-refractivity contribution < 1.29 is 4.39 Å². The molecule has 0 aromatic heterocycles. The van der Waals surface area contributed by atoms with Crippen molar-refractivity contribution in [2.75, 3.05) is 6.54 Å². The number of hydrogen-bond donors (Lipinski definition) is 1. The Morgan fingerprint density at radius 3 is 2.67 bits per heavy atom. The molecule has 1 aromatic carbocycles. The Bertz CT molecular complexity index is 354. The Kier molecular flexibility index (Phi) is 7.29. The molecule has 1 aromatic rings. The standard InChI is InChI=1S/C15H23ClFN/c1-3-5-6-7-14(18-4-2)10-12-8-9-13(16)11-15(12)17/h8-9,11,14,18H,3-7,10H2,1-2H3. The summed E-state index contributed by atoms with van der Waals surface area (Å²) in [4.78, 5) is 0. The van der Waals surface area contributed by atoms with E-state index in [2.05, 4.69) is 19.2 Å². The van der Waals surface area contributed by atoms with E-state index in [4.69, 9.17) is 11.6 Å². The third-order valence-electron chi connectivity index (χ3n) is 3.13. The molecule has 0 amide bonds. The maximum absolute atomic E-state index is 13.7. The lowest BCUT2D eigenvalue weighted by Gasteiger charge is -2.18. The van der Waals surface area contributed by atoms with E-state index < -0.39 is 0 Å². The van der Waals surface area contributed by atoms with Crippen molar-refractivity contribution in [2.45, 2.75) is 52.0 Å². The van der Waals surface area contributed by atoms with Crippen LogP contribution in [0.2, 0.25) is 5.02 Å². The van der Waals surface area contributed by atoms with E-state index in [1.807, 2.05) is 0 Å². The first-order chi connectivity index (χ1) is 8.67. The van der Waals surface area contributed by atoms with Crippen LogP contribution in [0.15, 0.2) is 18.2 Å². The van der Waals surface area contributed by atoms with Crippen molar-refractivity contribution in [2.24, 2.45) is 0 Å². The molecule has 0 fully saturated rings. The molecule has 0 saturated heterocycles. The minimum atomic E-state index is -0.194. The van der Waals surface area contributed by atoms with Gasteiger partial charge in [0.1, 0.15) is 5.82 Å². The van der Waals surface area contributed by atoms with Crippen molar-refractivity contribution >= 4 is 11.6 Å². The summed E-state index contributed by atoms with van der Waals surface area (Å²) in [6.07, 6.45) is 5.49. The molecule has 1 unspecified atom stereocenters. The molecule has 18 heavy (non-hydrogen) atoms. The van der Waals surface area contributed by atoms with Gasteiger partial charge >= 0.3 is 0 Å². The second kappa shape index (κ2) is 8.49. The molecule has 0 heterocycles. The Morgan fingerprint density at radius 1 is 1.28 bits per heavy atom. The Morgan fingerprint density at radius 2 is 2.06 bits per heavy atom. The second-order valence-corrected chi connectivity index (χ2v) is 5.13. The molecule has 0 aliphatic carbocycles. The van der Waals surface area contributed by atoms with Crippen LogP contribution < -0.4 is 5.32 Å². The quantitative estimate of drug-likeness (QED) is 0.683. The van der Waals surface area contributed by atoms with Crippen LogP contribution in [0.25, 0.3) is 0 Å². The zero-order chi connectivity index (χ0) is 13.4. The molecular formula is C15H23ClFN. The van der Waals surface area contributed by atoms with Gasteiger partial charge in [-0.3, -0.25) is 0 Å². The normalized spacial score (nSPS) is 12.7. The molecule has 0 aliphatic heterocycles. The van der Waals surface area contributed by atoms with Gasteiger partial charge in [0.05, 0.1) is 0 Å². The fraction of sp³-hybridized carbons (Fsp3) is 0.600. The highest BCUT2D eigenvalue weighted by molar-refractivity contribution is 6.30. The van der Waals surface area contributed by atoms with E-state index in [9.17, 15) is 4.39 Å². The summed E-state index contributed by atoms with van der Waals surface area (Å²) in [7, 11) is 0. The number of unbranched alkanes of at least 4 members (excludes halogenated alkanes) is 2. The molecule has 0 radical (unpaired) electrons. The van der Waals surface area contributed by atoms with E-state index in [1.54, 1.807) is 12.1 Å². The molecule has 0 bridgehead atoms. The number of halogens is 2. The molecule has 3 heteroatoms. The van der Waals surface area contributed by atoms with E-state index in [-0.39, 0.29) is 5.82 Å². The molecule has 1 N–H and O–H groups in total. The maximum Gasteiger partial charge on any atom is 0.127 e. The van der Waals surface area contributed by atoms with Gasteiger partial charge in [-0.05, 0) is 37.1 Å². The number of benzene rings is 1. The number of nitrogens with one attached hydrogen (secondary N) is 1. The largest absolute Gasteiger partial charge is 0.314 e. The van der Waals surface area contributed by atoms with Gasteiger partial charge in [-0.25, -0.2) is 4.39 Å². The average molecular weight is 272 g/mol. The summed E-state index contributed by atoms with van der Waals surface area (Å²) in [6, 6.07) is 5.31. The molecule has 1 atom stereocenters. The molecular weight excluding hydrogens is 249 g/mol. The third kappa shape index (κ3) is 5.36. The van der Waals surface area contributed by atoms with Gasteiger partial charge in [0.2, 0.25) is 0 Å². The highest BCUT2D eigenvalue weighted by atomic mass is 35.5. The first kappa shape index (κ1) is 15.5. The molecule has 0 spiro atoms. The van der Waals surface area contributed by atoms with Crippen LogP contribution in [-0.4, -0.2) is 12.6 Å². The summed E-state index contributed by atoms with van der Waals surface area (Å²) in [5, 5.41) is 3.89. The van der Waals surface area contributed by atoms with E-state index >= 15 is 0 Å². The van der Waals surface area contributed by atoms with Crippen LogP contribution in [0.4, 0.5) is 4.39 Å². The van der Waals surface area contributed by atoms with Crippen LogP contribution in [0, 0.1) is 5.82 Å². The fourth-order valence-electron chi connectivity index (χ4n) is 2.16. The van der Waals surface area contributed by atoms with Crippen LogP contribution >= 0.6 is 11.6 Å². The summed E-state index contributed by atoms with van der Waals surface area (Å²) in [5.74, 6) is -0.194. The predicted octanol–water partition coefficient (Wildman–Crippen LogP) is 4.58. The predicted molar refractivity (Wildman–Crippen MR) is 76.7 cm³/mol. The Balaban J connectivity index is 2.58. The first-order valence-corrected chi connectivity index (χ1v) is 7.22. The SMILES string of the molecule is CCCCCC(Cc1ccc(Cl)cc1F)NCC. The smallest absolute Gasteiger partial charge is 0.127 e. The third-order valence-corrected chi connectivity index (χ3v) is 3.37. The van der Waals surface area contributed by atoms with Gasteiger partial charge in [0.25, 0.3) is 0 Å². The average Bonchev–Trinajstić information content (AvgIpc) is 2.33. The van der Waals surface area contributed by atoms with Crippen LogP contribution in [0.3, 0.4) is 0 Å². The van der Waals surface area contributed by atoms with Crippen molar-refractivity contribution in [3.8, 4) is 0 Å². The first-order valence-electron chi connectivity index (χ1n) is 6.84. The molecule has 0 aliphatic rings. The Labute approximate surface area is 115 Å². The van der Waals surface area contributed by atoms with Crippen LogP contribution in [0.1, 0.15) is 45.1 Å². The lowest BCUT2D eigenvalue weighted by molar-refractivity contribution is 0.459. The molecule has 1 rings (SSSR count). The zero-order valence-corrected chi connectivity index (χ0v) is 12.1. The fourth-order valence-corrected chi connectivity index (χ4v) is 2.32. The number of rotatable bonds is 8. The zero-order valence-electron chi connectivity index (χ0n) is 11.3. The van der Waals surface area contributed by atoms with Crippen molar-refractivity contribution in [3.63, 3.8) is 0 Å². The summed E-state index contributed by atoms with van der Waals surface area (Å²) in [5.41, 5.74) is 0.752. The second-order valence-electron chi connectivity index (χ2n) is 4.69. The number of likely N-dealkylation sites (N-methyl/N-ethyl adjacent to an activating group) is 1. The van der Waals surface area contributed by atoms with Gasteiger partial charge in [-0.2, -0.15) is 0 Å². The van der Waals surface area contributed by atoms with Gasteiger partial charge < -0.3 is 5.32 Å². The van der Waals surface area contributed by atoms with Crippen LogP contribution in [0.5, 0.6) is 0 Å². The number of hydrogen-bond acceptors (Lipinski definition) is 1. The highest BCUT2D eigenvalue weighted by Crippen LogP contribution is 2.17. The van der Waals surface area contributed by atoms with E-state index in [0.29, 0.717) is 11.1 Å². The lowest BCUT2D eigenvalue weighted by Crippen LogP contribution is -2.31. The van der Waals surface area contributed by atoms with Crippen molar-refractivity contribution in [3.05, 3.63) is 34.6 Å². The topological polar surface area (TPSA) is 12.0 Å². The van der Waals surface area contributed by atoms with E-state index in [1.165, 1.54) is 25.3 Å². The summed E-state index contributed by atoms with van der Waals surface area (Å²) >= 11 is 5.76. The maximum atomic E-state index is 13.7. The monoisotopic (exact) mass is 271 g/mol. The molecule has 0 saturated carbocycles. The summed E-state index contributed by atoms with van der Waals surface area (Å²) in [6.45, 7) is 5.21. The van der Waals surface area contributed by atoms with E-state index in [0.717, 1.165) is 24.9 Å². The molecule has 102 valence electrons. The Hall–Kier alpha value is -0.600. The minimum absolute atomic E-state index is 0.194. The van der Waals surface area contributed by atoms with Crippen molar-refractivity contribution in [1.29, 1.82) is 0 Å². The van der Waals surface area contributed by atoms with Gasteiger partial charge in [-0.15, -0.1) is 0 Å². The van der Waals surface area contributed by atoms with Gasteiger partial charge in [0.15, 0.2) is 0 Å². The van der Waals surface area contributed by atoms with Gasteiger partial charge in [-0.1, -0.05) is 50.8 Å². The lowest BCUT2D eigenvalue weighted by atomic mass is 10.00. The summed E-state index contributed by atoms with van der Waals surface area (Å²) < 4.78 is 13.7.